The third-order valence-corrected chi connectivity index (χ3v) is 4.16. The molecule has 1 atom stereocenters. The molecule has 22 heavy (non-hydrogen) atoms. The minimum Gasteiger partial charge on any atom is -0.380 e. The zero-order chi connectivity index (χ0) is 16.8. The fourth-order valence-electron chi connectivity index (χ4n) is 2.68. The van der Waals surface area contributed by atoms with Gasteiger partial charge in [-0.1, -0.05) is 53.7 Å². The third-order valence-electron chi connectivity index (χ3n) is 4.16. The molecular formula is C19H27NO2. The van der Waals surface area contributed by atoms with E-state index in [4.69, 9.17) is 4.99 Å². The number of carbonyl (C=O) groups is 1. The number of hydrogen-bond donors (Lipinski definition) is 1. The lowest BCUT2D eigenvalue weighted by molar-refractivity contribution is -0.113. The topological polar surface area (TPSA) is 49.7 Å². The molecule has 1 N–H and O–H groups in total. The number of rotatable bonds is 1. The first-order valence-corrected chi connectivity index (χ1v) is 7.89. The molecule has 1 unspecified atom stereocenters. The molecule has 1 aliphatic heterocycles. The Bertz CT molecular complexity index is 606. The second kappa shape index (κ2) is 5.31. The van der Waals surface area contributed by atoms with Crippen LogP contribution in [0.2, 0.25) is 0 Å². The largest absolute Gasteiger partial charge is 0.380 e. The Labute approximate surface area is 133 Å². The van der Waals surface area contributed by atoms with Crippen molar-refractivity contribution >= 4 is 11.5 Å². The lowest BCUT2D eigenvalue weighted by Gasteiger charge is -2.38. The van der Waals surface area contributed by atoms with Gasteiger partial charge in [0.1, 0.15) is 5.60 Å². The number of allylic oxidation sites excluding steroid dienone is 4. The first kappa shape index (κ1) is 16.9. The van der Waals surface area contributed by atoms with E-state index >= 15 is 0 Å². The highest BCUT2D eigenvalue weighted by Crippen LogP contribution is 2.40. The summed E-state index contributed by atoms with van der Waals surface area (Å²) in [5, 5.41) is 11.3. The summed E-state index contributed by atoms with van der Waals surface area (Å²) in [5.41, 5.74) is 0.675. The second-order valence-electron chi connectivity index (χ2n) is 8.31. The molecule has 120 valence electrons. The maximum atomic E-state index is 12.2. The number of hydrogen-bond acceptors (Lipinski definition) is 3. The fourth-order valence-corrected chi connectivity index (χ4v) is 2.68. The molecule has 3 nitrogen and oxygen atoms in total. The lowest BCUT2D eigenvalue weighted by Crippen LogP contribution is -2.42. The van der Waals surface area contributed by atoms with Crippen LogP contribution < -0.4 is 0 Å². The van der Waals surface area contributed by atoms with Crippen LogP contribution in [0, 0.1) is 10.8 Å². The first-order valence-electron chi connectivity index (χ1n) is 7.89. The number of nitrogens with zero attached hydrogens (tertiary/aromatic N) is 1. The molecule has 3 heteroatoms. The molecule has 0 radical (unpaired) electrons. The Balaban J connectivity index is 2.54. The quantitative estimate of drug-likeness (QED) is 0.796. The Morgan fingerprint density at radius 1 is 1.14 bits per heavy atom. The van der Waals surface area contributed by atoms with Crippen molar-refractivity contribution in [2.45, 2.75) is 60.0 Å². The molecule has 0 spiro atoms. The molecular weight excluding hydrogens is 274 g/mol. The fraction of sp³-hybridized carbons (Fsp3) is 0.579. The van der Waals surface area contributed by atoms with Gasteiger partial charge >= 0.3 is 0 Å². The molecule has 2 aliphatic rings. The van der Waals surface area contributed by atoms with Gasteiger partial charge in [0.05, 0.1) is 0 Å². The van der Waals surface area contributed by atoms with E-state index in [0.29, 0.717) is 18.4 Å². The normalized spacial score (nSPS) is 26.5. The van der Waals surface area contributed by atoms with Crippen molar-refractivity contribution in [1.82, 2.24) is 0 Å². The summed E-state index contributed by atoms with van der Waals surface area (Å²) in [7, 11) is 0. The van der Waals surface area contributed by atoms with Gasteiger partial charge in [0, 0.05) is 34.2 Å². The molecule has 0 saturated heterocycles. The number of ketones is 1. The molecule has 0 amide bonds. The molecule has 0 saturated carbocycles. The van der Waals surface area contributed by atoms with Crippen LogP contribution in [0.3, 0.4) is 0 Å². The molecule has 0 aromatic carbocycles. The van der Waals surface area contributed by atoms with E-state index in [1.807, 2.05) is 12.2 Å². The molecule has 0 aromatic heterocycles. The predicted molar refractivity (Wildman–Crippen MR) is 90.8 cm³/mol. The average molecular weight is 301 g/mol. The summed E-state index contributed by atoms with van der Waals surface area (Å²) in [5.74, 6) is -0.103. The van der Waals surface area contributed by atoms with Gasteiger partial charge in [0.15, 0.2) is 5.78 Å². The van der Waals surface area contributed by atoms with Crippen LogP contribution in [0.4, 0.5) is 0 Å². The smallest absolute Gasteiger partial charge is 0.184 e. The number of carbonyl (C=O) groups excluding carboxylic acids is 1. The van der Waals surface area contributed by atoms with Crippen molar-refractivity contribution < 1.29 is 9.90 Å². The monoisotopic (exact) mass is 301 g/mol. The van der Waals surface area contributed by atoms with Gasteiger partial charge in [-0.15, -0.1) is 0 Å². The predicted octanol–water partition coefficient (Wildman–Crippen LogP) is 3.99. The second-order valence-corrected chi connectivity index (χ2v) is 8.31. The number of aliphatic hydroxyl groups is 1. The minimum atomic E-state index is -1.26. The average Bonchev–Trinajstić information content (AvgIpc) is 2.36. The SMILES string of the molecule is CC(C)(C)C1=CC(O)(C2=CCC=CC2=O)CC(C(C)(C)C)=N1. The summed E-state index contributed by atoms with van der Waals surface area (Å²) in [6.45, 7) is 12.5. The molecule has 1 aliphatic carbocycles. The van der Waals surface area contributed by atoms with Gasteiger partial charge in [-0.25, -0.2) is 0 Å². The Morgan fingerprint density at radius 2 is 1.77 bits per heavy atom. The Hall–Kier alpha value is -1.48. The minimum absolute atomic E-state index is 0.103. The van der Waals surface area contributed by atoms with Crippen molar-refractivity contribution in [3.63, 3.8) is 0 Å². The van der Waals surface area contributed by atoms with E-state index in [-0.39, 0.29) is 16.6 Å². The van der Waals surface area contributed by atoms with E-state index in [1.54, 1.807) is 12.2 Å². The van der Waals surface area contributed by atoms with Crippen LogP contribution in [-0.4, -0.2) is 22.2 Å². The van der Waals surface area contributed by atoms with Crippen LogP contribution in [0.5, 0.6) is 0 Å². The maximum absolute atomic E-state index is 12.2. The van der Waals surface area contributed by atoms with Crippen LogP contribution in [0.25, 0.3) is 0 Å². The van der Waals surface area contributed by atoms with E-state index in [1.165, 1.54) is 0 Å². The van der Waals surface area contributed by atoms with Crippen molar-refractivity contribution in [3.05, 3.63) is 35.6 Å². The zero-order valence-corrected chi connectivity index (χ0v) is 14.5. The van der Waals surface area contributed by atoms with Crippen LogP contribution >= 0.6 is 0 Å². The third kappa shape index (κ3) is 3.30. The molecule has 2 rings (SSSR count). The highest BCUT2D eigenvalue weighted by atomic mass is 16.3. The first-order chi connectivity index (χ1) is 9.93. The van der Waals surface area contributed by atoms with Gasteiger partial charge in [-0.3, -0.25) is 9.79 Å². The van der Waals surface area contributed by atoms with Crippen molar-refractivity contribution in [1.29, 1.82) is 0 Å². The summed E-state index contributed by atoms with van der Waals surface area (Å²) in [6.07, 6.45) is 8.06. The van der Waals surface area contributed by atoms with Crippen LogP contribution in [0.15, 0.2) is 40.6 Å². The number of aliphatic imine (C=N–C) groups is 1. The zero-order valence-electron chi connectivity index (χ0n) is 14.5. The van der Waals surface area contributed by atoms with Crippen LogP contribution in [-0.2, 0) is 4.79 Å². The van der Waals surface area contributed by atoms with Gasteiger partial charge in [-0.2, -0.15) is 0 Å². The van der Waals surface area contributed by atoms with Gasteiger partial charge in [0.25, 0.3) is 0 Å². The summed E-state index contributed by atoms with van der Waals surface area (Å²) in [6, 6.07) is 0. The van der Waals surface area contributed by atoms with Crippen LogP contribution in [0.1, 0.15) is 54.4 Å². The summed E-state index contributed by atoms with van der Waals surface area (Å²) in [4.78, 5) is 17.0. The van der Waals surface area contributed by atoms with Crippen molar-refractivity contribution in [3.8, 4) is 0 Å². The standard InChI is InChI=1S/C19H27NO2/c1-17(2,3)15-11-19(22,12-16(20-15)18(4,5)6)13-9-7-8-10-14(13)21/h8-11,22H,7,12H2,1-6H3. The summed E-state index contributed by atoms with van der Waals surface area (Å²) >= 11 is 0. The Morgan fingerprint density at radius 3 is 2.27 bits per heavy atom. The van der Waals surface area contributed by atoms with E-state index in [9.17, 15) is 9.90 Å². The molecule has 0 fully saturated rings. The van der Waals surface area contributed by atoms with E-state index < -0.39 is 5.60 Å². The van der Waals surface area contributed by atoms with Gasteiger partial charge in [-0.05, 0) is 18.6 Å². The van der Waals surface area contributed by atoms with E-state index in [2.05, 4.69) is 41.5 Å². The van der Waals surface area contributed by atoms with Crippen molar-refractivity contribution in [2.24, 2.45) is 15.8 Å². The maximum Gasteiger partial charge on any atom is 0.184 e. The van der Waals surface area contributed by atoms with Gasteiger partial charge < -0.3 is 5.11 Å². The van der Waals surface area contributed by atoms with Gasteiger partial charge in [0.2, 0.25) is 0 Å². The Kier molecular flexibility index (Phi) is 4.07. The summed E-state index contributed by atoms with van der Waals surface area (Å²) < 4.78 is 0. The molecule has 0 bridgehead atoms. The van der Waals surface area contributed by atoms with E-state index in [0.717, 1.165) is 11.4 Å². The lowest BCUT2D eigenvalue weighted by atomic mass is 9.73. The molecule has 1 heterocycles. The highest BCUT2D eigenvalue weighted by Gasteiger charge is 2.41. The highest BCUT2D eigenvalue weighted by molar-refractivity contribution is 6.08. The van der Waals surface area contributed by atoms with Crippen molar-refractivity contribution in [2.75, 3.05) is 0 Å². The molecule has 0 aromatic rings.